The van der Waals surface area contributed by atoms with Gasteiger partial charge in [0.15, 0.2) is 0 Å². The average Bonchev–Trinajstić information content (AvgIpc) is 2.51. The van der Waals surface area contributed by atoms with E-state index in [0.717, 1.165) is 0 Å². The molecule has 1 amide bonds. The molecule has 6 heteroatoms. The Morgan fingerprint density at radius 3 is 3.07 bits per heavy atom. The first kappa shape index (κ1) is 12.2. The lowest BCUT2D eigenvalue weighted by molar-refractivity contribution is 0.0342. The minimum absolute atomic E-state index is 0.128. The van der Waals surface area contributed by atoms with Gasteiger partial charge in [0, 0.05) is 20.2 Å². The lowest BCUT2D eigenvalue weighted by Gasteiger charge is -2.21. The minimum atomic E-state index is -0.509. The molecule has 0 radical (unpaired) electrons. The van der Waals surface area contributed by atoms with Crippen LogP contribution in [-0.4, -0.2) is 68.7 Å². The van der Waals surface area contributed by atoms with E-state index in [2.05, 4.69) is 5.32 Å². The van der Waals surface area contributed by atoms with Gasteiger partial charge in [-0.25, -0.2) is 4.79 Å². The molecule has 0 aromatic heterocycles. The minimum Gasteiger partial charge on any atom is -0.443 e. The van der Waals surface area contributed by atoms with Crippen molar-refractivity contribution in [3.05, 3.63) is 0 Å². The van der Waals surface area contributed by atoms with E-state index in [1.54, 1.807) is 7.11 Å². The molecule has 1 saturated heterocycles. The predicted octanol–water partition coefficient (Wildman–Crippen LogP) is -0.966. The van der Waals surface area contributed by atoms with Gasteiger partial charge in [-0.1, -0.05) is 0 Å². The number of alkyl carbamates (subject to hydrolysis) is 1. The van der Waals surface area contributed by atoms with Crippen molar-refractivity contribution >= 4 is 6.09 Å². The van der Waals surface area contributed by atoms with Crippen molar-refractivity contribution in [2.75, 3.05) is 40.4 Å². The fourth-order valence-corrected chi connectivity index (χ4v) is 1.56. The van der Waals surface area contributed by atoms with Gasteiger partial charge in [-0.05, 0) is 7.05 Å². The van der Waals surface area contributed by atoms with Gasteiger partial charge < -0.3 is 19.9 Å². The van der Waals surface area contributed by atoms with Crippen LogP contribution in [0.4, 0.5) is 4.79 Å². The highest BCUT2D eigenvalue weighted by atomic mass is 16.6. The second kappa shape index (κ2) is 5.89. The molecule has 2 N–H and O–H groups in total. The molecule has 2 unspecified atom stereocenters. The second-order valence-corrected chi connectivity index (χ2v) is 3.74. The summed E-state index contributed by atoms with van der Waals surface area (Å²) in [7, 11) is 3.41. The number of likely N-dealkylation sites (N-methyl/N-ethyl adjacent to an activating group) is 1. The van der Waals surface area contributed by atoms with E-state index in [1.807, 2.05) is 11.9 Å². The number of hydrogen-bond acceptors (Lipinski definition) is 5. The highest BCUT2D eigenvalue weighted by Crippen LogP contribution is 2.02. The second-order valence-electron chi connectivity index (χ2n) is 3.74. The molecule has 1 fully saturated rings. The molecule has 1 aliphatic heterocycles. The summed E-state index contributed by atoms with van der Waals surface area (Å²) in [5.41, 5.74) is 0. The standard InChI is InChI=1S/C9H18N2O4/c1-11(4-7(12)6-14-2)5-8-3-10-9(13)15-8/h7-8,12H,3-6H2,1-2H3,(H,10,13). The fourth-order valence-electron chi connectivity index (χ4n) is 1.56. The summed E-state index contributed by atoms with van der Waals surface area (Å²) in [4.78, 5) is 12.6. The number of hydrogen-bond donors (Lipinski definition) is 2. The van der Waals surface area contributed by atoms with Crippen LogP contribution in [0.25, 0.3) is 0 Å². The van der Waals surface area contributed by atoms with E-state index in [9.17, 15) is 9.90 Å². The zero-order valence-electron chi connectivity index (χ0n) is 9.10. The summed E-state index contributed by atoms with van der Waals surface area (Å²) < 4.78 is 9.79. The van der Waals surface area contributed by atoms with Crippen LogP contribution in [0.1, 0.15) is 0 Å². The monoisotopic (exact) mass is 218 g/mol. The Kier molecular flexibility index (Phi) is 4.80. The highest BCUT2D eigenvalue weighted by molar-refractivity contribution is 5.69. The lowest BCUT2D eigenvalue weighted by Crippen LogP contribution is -2.37. The van der Waals surface area contributed by atoms with Gasteiger partial charge in [0.1, 0.15) is 6.10 Å². The predicted molar refractivity (Wildman–Crippen MR) is 53.7 cm³/mol. The van der Waals surface area contributed by atoms with Crippen molar-refractivity contribution < 1.29 is 19.4 Å². The van der Waals surface area contributed by atoms with E-state index in [4.69, 9.17) is 9.47 Å². The number of aliphatic hydroxyl groups excluding tert-OH is 1. The smallest absolute Gasteiger partial charge is 0.407 e. The first-order chi connectivity index (χ1) is 7.11. The molecule has 0 bridgehead atoms. The Morgan fingerprint density at radius 2 is 2.53 bits per heavy atom. The maximum Gasteiger partial charge on any atom is 0.407 e. The van der Waals surface area contributed by atoms with Crippen LogP contribution >= 0.6 is 0 Å². The number of nitrogens with one attached hydrogen (secondary N) is 1. The van der Waals surface area contributed by atoms with Gasteiger partial charge in [0.25, 0.3) is 0 Å². The van der Waals surface area contributed by atoms with E-state index in [1.165, 1.54) is 0 Å². The summed E-state index contributed by atoms with van der Waals surface area (Å²) in [5, 5.41) is 12.0. The largest absolute Gasteiger partial charge is 0.443 e. The third-order valence-electron chi connectivity index (χ3n) is 2.14. The van der Waals surface area contributed by atoms with Gasteiger partial charge in [-0.15, -0.1) is 0 Å². The molecule has 1 aliphatic rings. The zero-order chi connectivity index (χ0) is 11.3. The van der Waals surface area contributed by atoms with Gasteiger partial charge in [-0.2, -0.15) is 0 Å². The third-order valence-corrected chi connectivity index (χ3v) is 2.14. The number of nitrogens with zero attached hydrogens (tertiary/aromatic N) is 1. The van der Waals surface area contributed by atoms with Gasteiger partial charge in [0.05, 0.1) is 19.3 Å². The summed E-state index contributed by atoms with van der Waals surface area (Å²) in [6, 6.07) is 0. The molecule has 88 valence electrons. The Morgan fingerprint density at radius 1 is 1.80 bits per heavy atom. The van der Waals surface area contributed by atoms with Gasteiger partial charge >= 0.3 is 6.09 Å². The summed E-state index contributed by atoms with van der Waals surface area (Å²) >= 11 is 0. The summed E-state index contributed by atoms with van der Waals surface area (Å²) in [6.45, 7) is 1.96. The van der Waals surface area contributed by atoms with E-state index < -0.39 is 6.10 Å². The van der Waals surface area contributed by atoms with Crippen molar-refractivity contribution in [1.82, 2.24) is 10.2 Å². The van der Waals surface area contributed by atoms with Crippen LogP contribution in [0.15, 0.2) is 0 Å². The number of amides is 1. The molecular formula is C9H18N2O4. The van der Waals surface area contributed by atoms with Crippen LogP contribution in [0.5, 0.6) is 0 Å². The SMILES string of the molecule is COCC(O)CN(C)CC1CNC(=O)O1. The van der Waals surface area contributed by atoms with Crippen molar-refractivity contribution in [2.24, 2.45) is 0 Å². The number of cyclic esters (lactones) is 1. The van der Waals surface area contributed by atoms with Crippen LogP contribution in [0.2, 0.25) is 0 Å². The molecule has 0 spiro atoms. The van der Waals surface area contributed by atoms with Gasteiger partial charge in [0.2, 0.25) is 0 Å². The molecule has 0 aromatic rings. The van der Waals surface area contributed by atoms with Crippen molar-refractivity contribution in [1.29, 1.82) is 0 Å². The summed E-state index contributed by atoms with van der Waals surface area (Å²) in [5.74, 6) is 0. The molecule has 6 nitrogen and oxygen atoms in total. The molecule has 0 saturated carbocycles. The third kappa shape index (κ3) is 4.46. The highest BCUT2D eigenvalue weighted by Gasteiger charge is 2.24. The molecule has 0 aromatic carbocycles. The molecule has 15 heavy (non-hydrogen) atoms. The zero-order valence-corrected chi connectivity index (χ0v) is 9.10. The number of aliphatic hydroxyl groups is 1. The number of methoxy groups -OCH3 is 1. The molecular weight excluding hydrogens is 200 g/mol. The maximum absolute atomic E-state index is 10.7. The van der Waals surface area contributed by atoms with E-state index in [-0.39, 0.29) is 12.2 Å². The summed E-state index contributed by atoms with van der Waals surface area (Å²) in [6.07, 6.45) is -1.01. The first-order valence-corrected chi connectivity index (χ1v) is 4.92. The van der Waals surface area contributed by atoms with Crippen molar-refractivity contribution in [3.63, 3.8) is 0 Å². The number of carbonyl (C=O) groups is 1. The lowest BCUT2D eigenvalue weighted by atomic mass is 10.3. The Bertz CT molecular complexity index is 212. The fraction of sp³-hybridized carbons (Fsp3) is 0.889. The molecule has 0 aliphatic carbocycles. The average molecular weight is 218 g/mol. The quantitative estimate of drug-likeness (QED) is 0.600. The van der Waals surface area contributed by atoms with Crippen LogP contribution in [0, 0.1) is 0 Å². The van der Waals surface area contributed by atoms with Crippen LogP contribution in [-0.2, 0) is 9.47 Å². The van der Waals surface area contributed by atoms with E-state index in [0.29, 0.717) is 26.2 Å². The Labute approximate surface area is 89.1 Å². The van der Waals surface area contributed by atoms with E-state index >= 15 is 0 Å². The maximum atomic E-state index is 10.7. The van der Waals surface area contributed by atoms with Crippen LogP contribution in [0.3, 0.4) is 0 Å². The number of rotatable bonds is 6. The van der Waals surface area contributed by atoms with Crippen molar-refractivity contribution in [3.8, 4) is 0 Å². The Hall–Kier alpha value is -0.850. The molecule has 1 rings (SSSR count). The topological polar surface area (TPSA) is 71.0 Å². The molecule has 1 heterocycles. The van der Waals surface area contributed by atoms with Crippen molar-refractivity contribution in [2.45, 2.75) is 12.2 Å². The normalized spacial score (nSPS) is 22.7. The first-order valence-electron chi connectivity index (χ1n) is 4.92. The number of ether oxygens (including phenoxy) is 2. The van der Waals surface area contributed by atoms with Crippen LogP contribution < -0.4 is 5.32 Å². The molecule has 2 atom stereocenters. The Balaban J connectivity index is 2.17. The number of carbonyl (C=O) groups excluding carboxylic acids is 1. The van der Waals surface area contributed by atoms with Gasteiger partial charge in [-0.3, -0.25) is 4.90 Å².